The Morgan fingerprint density at radius 2 is 1.68 bits per heavy atom. The van der Waals surface area contributed by atoms with Gasteiger partial charge in [-0.25, -0.2) is 0 Å². The molecule has 160 valence electrons. The SMILES string of the molecule is C[C@@H](N=C1S/C(=C2\Sc3ccccc3N2C)C(=O)N1C1CCCCC1)c1ccccc1. The minimum atomic E-state index is 0.0121. The van der Waals surface area contributed by atoms with E-state index in [1.807, 2.05) is 23.1 Å². The van der Waals surface area contributed by atoms with Crippen LogP contribution in [0.15, 0.2) is 74.4 Å². The molecular weight excluding hydrogens is 422 g/mol. The summed E-state index contributed by atoms with van der Waals surface area (Å²) in [5.41, 5.74) is 2.34. The third kappa shape index (κ3) is 3.92. The number of fused-ring (bicyclic) bond motifs is 1. The summed E-state index contributed by atoms with van der Waals surface area (Å²) in [4.78, 5) is 25.0. The second kappa shape index (κ2) is 8.75. The molecule has 2 fully saturated rings. The monoisotopic (exact) mass is 449 g/mol. The molecule has 0 radical (unpaired) electrons. The minimum Gasteiger partial charge on any atom is -0.337 e. The molecule has 0 bridgehead atoms. The molecule has 1 aliphatic carbocycles. The van der Waals surface area contributed by atoms with Gasteiger partial charge in [0, 0.05) is 18.0 Å². The Kier molecular flexibility index (Phi) is 5.85. The zero-order valence-corrected chi connectivity index (χ0v) is 19.6. The largest absolute Gasteiger partial charge is 0.337 e. The molecule has 2 aromatic carbocycles. The lowest BCUT2D eigenvalue weighted by atomic mass is 9.94. The third-order valence-electron chi connectivity index (χ3n) is 6.27. The maximum atomic E-state index is 13.7. The van der Waals surface area contributed by atoms with Gasteiger partial charge in [0.25, 0.3) is 5.91 Å². The summed E-state index contributed by atoms with van der Waals surface area (Å²) in [6, 6.07) is 19.0. The van der Waals surface area contributed by atoms with Gasteiger partial charge in [0.1, 0.15) is 4.91 Å². The topological polar surface area (TPSA) is 35.9 Å². The molecule has 1 atom stereocenters. The van der Waals surface area contributed by atoms with Crippen LogP contribution in [0.1, 0.15) is 50.6 Å². The van der Waals surface area contributed by atoms with Crippen LogP contribution in [0, 0.1) is 0 Å². The zero-order valence-electron chi connectivity index (χ0n) is 18.0. The van der Waals surface area contributed by atoms with Crippen LogP contribution in [-0.4, -0.2) is 29.1 Å². The fourth-order valence-corrected chi connectivity index (χ4v) is 7.00. The van der Waals surface area contributed by atoms with E-state index in [2.05, 4.69) is 55.3 Å². The number of thioether (sulfide) groups is 2. The third-order valence-corrected chi connectivity index (χ3v) is 8.69. The van der Waals surface area contributed by atoms with E-state index < -0.39 is 0 Å². The van der Waals surface area contributed by atoms with Crippen molar-refractivity contribution in [3.05, 3.63) is 70.1 Å². The van der Waals surface area contributed by atoms with E-state index in [1.54, 1.807) is 23.5 Å². The van der Waals surface area contributed by atoms with Gasteiger partial charge in [-0.15, -0.1) is 0 Å². The normalized spacial score (nSPS) is 24.2. The Bertz CT molecular complexity index is 1040. The molecule has 1 saturated heterocycles. The summed E-state index contributed by atoms with van der Waals surface area (Å²) in [7, 11) is 2.06. The highest BCUT2D eigenvalue weighted by atomic mass is 32.2. The molecule has 0 spiro atoms. The molecule has 1 saturated carbocycles. The summed E-state index contributed by atoms with van der Waals surface area (Å²) in [6.45, 7) is 2.11. The second-order valence-corrected chi connectivity index (χ2v) is 10.3. The standard InChI is InChI=1S/C25H27N3OS2/c1-17(18-11-5-3-6-12-18)26-25-28(19-13-7-4-8-14-19)23(29)22(31-25)24-27(2)20-15-9-10-16-21(20)30-24/h3,5-6,9-12,15-17,19H,4,7-8,13-14H2,1-2H3/b24-22-,26-25?/t17-/m1/s1. The summed E-state index contributed by atoms with van der Waals surface area (Å²) >= 11 is 3.25. The number of nitrogens with zero attached hydrogens (tertiary/aromatic N) is 3. The maximum Gasteiger partial charge on any atom is 0.269 e. The zero-order chi connectivity index (χ0) is 21.4. The molecule has 2 heterocycles. The lowest BCUT2D eigenvalue weighted by Crippen LogP contribution is -2.40. The Morgan fingerprint density at radius 1 is 0.968 bits per heavy atom. The van der Waals surface area contributed by atoms with Gasteiger partial charge in [-0.3, -0.25) is 14.7 Å². The number of benzene rings is 2. The molecule has 5 rings (SSSR count). The van der Waals surface area contributed by atoms with E-state index in [0.717, 1.165) is 33.6 Å². The summed E-state index contributed by atoms with van der Waals surface area (Å²) in [5, 5.41) is 1.88. The Labute approximate surface area is 192 Å². The first-order valence-electron chi connectivity index (χ1n) is 11.0. The lowest BCUT2D eigenvalue weighted by Gasteiger charge is -2.30. The molecule has 4 nitrogen and oxygen atoms in total. The van der Waals surface area contributed by atoms with Crippen molar-refractivity contribution in [3.8, 4) is 0 Å². The number of aliphatic imine (C=N–C) groups is 1. The molecule has 31 heavy (non-hydrogen) atoms. The maximum absolute atomic E-state index is 13.7. The van der Waals surface area contributed by atoms with E-state index >= 15 is 0 Å². The Balaban J connectivity index is 1.52. The van der Waals surface area contributed by atoms with E-state index in [-0.39, 0.29) is 18.0 Å². The average molecular weight is 450 g/mol. The molecule has 0 N–H and O–H groups in total. The van der Waals surface area contributed by atoms with Crippen molar-refractivity contribution in [1.82, 2.24) is 4.90 Å². The second-order valence-electron chi connectivity index (χ2n) is 8.33. The van der Waals surface area contributed by atoms with Crippen molar-refractivity contribution in [2.75, 3.05) is 11.9 Å². The summed E-state index contributed by atoms with van der Waals surface area (Å²) in [5.74, 6) is 0.123. The van der Waals surface area contributed by atoms with Crippen LogP contribution < -0.4 is 4.90 Å². The first-order chi connectivity index (χ1) is 15.1. The number of carbonyl (C=O) groups is 1. The summed E-state index contributed by atoms with van der Waals surface area (Å²) < 4.78 is 0. The van der Waals surface area contributed by atoms with Crippen LogP contribution in [-0.2, 0) is 4.79 Å². The van der Waals surface area contributed by atoms with Crippen molar-refractivity contribution >= 4 is 40.3 Å². The van der Waals surface area contributed by atoms with Gasteiger partial charge >= 0.3 is 0 Å². The van der Waals surface area contributed by atoms with Gasteiger partial charge in [0.15, 0.2) is 5.17 Å². The quantitative estimate of drug-likeness (QED) is 0.506. The van der Waals surface area contributed by atoms with Crippen LogP contribution >= 0.6 is 23.5 Å². The molecule has 2 aromatic rings. The number of amidine groups is 1. The smallest absolute Gasteiger partial charge is 0.269 e. The fourth-order valence-electron chi connectivity index (χ4n) is 4.54. The highest BCUT2D eigenvalue weighted by Crippen LogP contribution is 2.50. The van der Waals surface area contributed by atoms with Crippen LogP contribution in [0.25, 0.3) is 0 Å². The molecular formula is C25H27N3OS2. The number of rotatable bonds is 3. The van der Waals surface area contributed by atoms with Gasteiger partial charge in [-0.05, 0) is 49.2 Å². The first kappa shape index (κ1) is 20.7. The average Bonchev–Trinajstić information content (AvgIpc) is 3.31. The van der Waals surface area contributed by atoms with Gasteiger partial charge in [0.2, 0.25) is 0 Å². The molecule has 6 heteroatoms. The van der Waals surface area contributed by atoms with Crippen LogP contribution in [0.4, 0.5) is 5.69 Å². The first-order valence-corrected chi connectivity index (χ1v) is 12.7. The Morgan fingerprint density at radius 3 is 2.42 bits per heavy atom. The van der Waals surface area contributed by atoms with Gasteiger partial charge in [-0.2, -0.15) is 0 Å². The van der Waals surface area contributed by atoms with Crippen LogP contribution in [0.5, 0.6) is 0 Å². The number of carbonyl (C=O) groups excluding carboxylic acids is 1. The molecule has 2 aliphatic heterocycles. The van der Waals surface area contributed by atoms with Crippen molar-refractivity contribution < 1.29 is 4.79 Å². The fraction of sp³-hybridized carbons (Fsp3) is 0.360. The van der Waals surface area contributed by atoms with Crippen molar-refractivity contribution in [3.63, 3.8) is 0 Å². The molecule has 0 aromatic heterocycles. The lowest BCUT2D eigenvalue weighted by molar-refractivity contribution is -0.124. The van der Waals surface area contributed by atoms with Gasteiger partial charge in [-0.1, -0.05) is 73.5 Å². The van der Waals surface area contributed by atoms with Gasteiger partial charge in [0.05, 0.1) is 16.8 Å². The summed E-state index contributed by atoms with van der Waals surface area (Å²) in [6.07, 6.45) is 5.77. The number of para-hydroxylation sites is 1. The molecule has 3 aliphatic rings. The van der Waals surface area contributed by atoms with Gasteiger partial charge < -0.3 is 4.90 Å². The minimum absolute atomic E-state index is 0.0121. The van der Waals surface area contributed by atoms with Crippen molar-refractivity contribution in [2.24, 2.45) is 4.99 Å². The predicted octanol–water partition coefficient (Wildman–Crippen LogP) is 6.42. The van der Waals surface area contributed by atoms with Crippen LogP contribution in [0.2, 0.25) is 0 Å². The van der Waals surface area contributed by atoms with Crippen molar-refractivity contribution in [1.29, 1.82) is 0 Å². The van der Waals surface area contributed by atoms with E-state index in [4.69, 9.17) is 4.99 Å². The Hall–Kier alpha value is -2.18. The molecule has 0 unspecified atom stereocenters. The van der Waals surface area contributed by atoms with E-state index in [9.17, 15) is 4.79 Å². The van der Waals surface area contributed by atoms with Crippen LogP contribution in [0.3, 0.4) is 0 Å². The number of amides is 1. The number of hydrogen-bond acceptors (Lipinski definition) is 5. The van der Waals surface area contributed by atoms with Crippen molar-refractivity contribution in [2.45, 2.75) is 56.0 Å². The number of anilines is 1. The predicted molar refractivity (Wildman–Crippen MR) is 131 cm³/mol. The highest BCUT2D eigenvalue weighted by Gasteiger charge is 2.42. The van der Waals surface area contributed by atoms with E-state index in [1.165, 1.54) is 29.7 Å². The van der Waals surface area contributed by atoms with E-state index in [0.29, 0.717) is 0 Å². The number of hydrogen-bond donors (Lipinski definition) is 0. The molecule has 1 amide bonds. The highest BCUT2D eigenvalue weighted by molar-refractivity contribution is 8.19.